The number of allylic oxidation sites excluding steroid dienone is 2. The van der Waals surface area contributed by atoms with Gasteiger partial charge in [-0.3, -0.25) is 0 Å². The summed E-state index contributed by atoms with van der Waals surface area (Å²) in [5.41, 5.74) is 0. The van der Waals surface area contributed by atoms with Crippen LogP contribution in [0.3, 0.4) is 0 Å². The van der Waals surface area contributed by atoms with E-state index in [1.807, 2.05) is 0 Å². The molecule has 0 aliphatic heterocycles. The molecule has 8 heteroatoms. The van der Waals surface area contributed by atoms with E-state index in [1.54, 1.807) is 0 Å². The van der Waals surface area contributed by atoms with Crippen LogP contribution in [0.25, 0.3) is 0 Å². The molecule has 0 spiro atoms. The molecule has 0 aromatic heterocycles. The summed E-state index contributed by atoms with van der Waals surface area (Å²) >= 11 is 0. The largest absolute Gasteiger partial charge is 0.457 e. The number of hydrogen-bond donors (Lipinski definition) is 0. The molecule has 0 N–H and O–H groups in total. The summed E-state index contributed by atoms with van der Waals surface area (Å²) < 4.78 is 90.8. The van der Waals surface area contributed by atoms with E-state index in [0.717, 1.165) is 0 Å². The van der Waals surface area contributed by atoms with Crippen molar-refractivity contribution >= 4 is 0 Å². The van der Waals surface area contributed by atoms with Crippen LogP contribution < -0.4 is 0 Å². The number of hydrogen-bond acceptors (Lipinski definition) is 0. The van der Waals surface area contributed by atoms with Crippen LogP contribution in [0.1, 0.15) is 0 Å². The lowest BCUT2D eigenvalue weighted by molar-refractivity contribution is -0.259. The Morgan fingerprint density at radius 1 is 0.615 bits per heavy atom. The Morgan fingerprint density at radius 3 is 1.23 bits per heavy atom. The van der Waals surface area contributed by atoms with E-state index in [0.29, 0.717) is 0 Å². The molecule has 0 radical (unpaired) electrons. The Labute approximate surface area is 66.8 Å². The van der Waals surface area contributed by atoms with Gasteiger partial charge in [-0.05, 0) is 6.08 Å². The van der Waals surface area contributed by atoms with Crippen molar-refractivity contribution in [1.29, 1.82) is 0 Å². The zero-order valence-electron chi connectivity index (χ0n) is 5.68. The molecule has 0 saturated carbocycles. The van der Waals surface area contributed by atoms with Gasteiger partial charge >= 0.3 is 18.3 Å². The Hall–Kier alpha value is -0.820. The van der Waals surface area contributed by atoms with Gasteiger partial charge in [-0.15, -0.1) is 0 Å². The average molecular weight is 214 g/mol. The second-order valence-corrected chi connectivity index (χ2v) is 2.00. The molecule has 0 aromatic carbocycles. The molecule has 0 aliphatic carbocycles. The van der Waals surface area contributed by atoms with Crippen molar-refractivity contribution < 1.29 is 35.1 Å². The Balaban J connectivity index is 4.62. The van der Waals surface area contributed by atoms with Gasteiger partial charge in [-0.1, -0.05) is 0 Å². The van der Waals surface area contributed by atoms with Gasteiger partial charge in [-0.25, -0.2) is 0 Å². The van der Waals surface area contributed by atoms with Gasteiger partial charge in [0.15, 0.2) is 0 Å². The third kappa shape index (κ3) is 4.09. The summed E-state index contributed by atoms with van der Waals surface area (Å²) in [6, 6.07) is 0. The maximum atomic E-state index is 11.7. The zero-order valence-corrected chi connectivity index (χ0v) is 5.68. The van der Waals surface area contributed by atoms with Crippen LogP contribution in [0.15, 0.2) is 12.2 Å². The Morgan fingerprint density at radius 2 is 1.00 bits per heavy atom. The molecule has 0 aliphatic rings. The van der Waals surface area contributed by atoms with Crippen LogP contribution in [0, 0.1) is 0 Å². The molecule has 0 heterocycles. The number of rotatable bonds is 1. The first-order chi connectivity index (χ1) is 5.46. The fraction of sp³-hybridized carbons (Fsp3) is 0.600. The molecule has 0 nitrogen and oxygen atoms in total. The van der Waals surface area contributed by atoms with Gasteiger partial charge in [0.2, 0.25) is 0 Å². The molecule has 0 unspecified atom stereocenters. The third-order valence-corrected chi connectivity index (χ3v) is 0.860. The van der Waals surface area contributed by atoms with Gasteiger partial charge < -0.3 is 0 Å². The minimum Gasteiger partial charge on any atom is -0.192 e. The summed E-state index contributed by atoms with van der Waals surface area (Å²) in [4.78, 5) is 0. The summed E-state index contributed by atoms with van der Waals surface area (Å²) in [7, 11) is 0. The average Bonchev–Trinajstić information content (AvgIpc) is 1.79. The smallest absolute Gasteiger partial charge is 0.192 e. The van der Waals surface area contributed by atoms with Crippen LogP contribution in [-0.2, 0) is 0 Å². The summed E-state index contributed by atoms with van der Waals surface area (Å²) in [6.07, 6.45) is -13.6. The fourth-order valence-electron chi connectivity index (χ4n) is 0.294. The van der Waals surface area contributed by atoms with Crippen molar-refractivity contribution in [1.82, 2.24) is 0 Å². The van der Waals surface area contributed by atoms with Crippen LogP contribution in [0.5, 0.6) is 0 Å². The minimum atomic E-state index is -6.01. The van der Waals surface area contributed by atoms with Crippen LogP contribution >= 0.6 is 0 Å². The highest BCUT2D eigenvalue weighted by atomic mass is 19.4. The van der Waals surface area contributed by atoms with Crippen molar-refractivity contribution in [2.45, 2.75) is 18.3 Å². The van der Waals surface area contributed by atoms with E-state index in [4.69, 9.17) is 0 Å². The normalized spacial score (nSPS) is 15.4. The van der Waals surface area contributed by atoms with E-state index >= 15 is 0 Å². The van der Waals surface area contributed by atoms with Crippen molar-refractivity contribution in [3.05, 3.63) is 12.2 Å². The summed E-state index contributed by atoms with van der Waals surface area (Å²) in [6.45, 7) is 0. The highest BCUT2D eigenvalue weighted by Gasteiger charge is 2.55. The molecular formula is C5H2F8. The first-order valence-electron chi connectivity index (χ1n) is 2.67. The lowest BCUT2D eigenvalue weighted by Crippen LogP contribution is -2.34. The monoisotopic (exact) mass is 214 g/mol. The Bertz CT molecular complexity index is 194. The summed E-state index contributed by atoms with van der Waals surface area (Å²) in [5.74, 6) is -5.46. The van der Waals surface area contributed by atoms with Gasteiger partial charge in [0.05, 0.1) is 0 Å². The van der Waals surface area contributed by atoms with E-state index < -0.39 is 30.4 Å². The lowest BCUT2D eigenvalue weighted by atomic mass is 10.3. The SMILES string of the molecule is FC(F)(F)/C=C/C(F)(F)C(F)(F)F. The van der Waals surface area contributed by atoms with Crippen molar-refractivity contribution in [3.63, 3.8) is 0 Å². The van der Waals surface area contributed by atoms with Crippen LogP contribution in [0.4, 0.5) is 35.1 Å². The van der Waals surface area contributed by atoms with Gasteiger partial charge in [0.1, 0.15) is 0 Å². The zero-order chi connectivity index (χ0) is 10.9. The molecule has 78 valence electrons. The highest BCUT2D eigenvalue weighted by Crippen LogP contribution is 2.37. The number of halogens is 8. The predicted molar refractivity (Wildman–Crippen MR) is 26.2 cm³/mol. The second kappa shape index (κ2) is 3.15. The maximum Gasteiger partial charge on any atom is 0.457 e. The first-order valence-corrected chi connectivity index (χ1v) is 2.67. The molecule has 0 rings (SSSR count). The molecule has 0 saturated heterocycles. The fourth-order valence-corrected chi connectivity index (χ4v) is 0.294. The van der Waals surface area contributed by atoms with E-state index in [1.165, 1.54) is 0 Å². The summed E-state index contributed by atoms with van der Waals surface area (Å²) in [5, 5.41) is 0. The van der Waals surface area contributed by atoms with Crippen LogP contribution in [0.2, 0.25) is 0 Å². The molecule has 0 atom stereocenters. The van der Waals surface area contributed by atoms with Gasteiger partial charge in [0, 0.05) is 6.08 Å². The highest BCUT2D eigenvalue weighted by molar-refractivity contribution is 5.02. The molecule has 0 aromatic rings. The van der Waals surface area contributed by atoms with E-state index in [9.17, 15) is 35.1 Å². The minimum absolute atomic E-state index is 1.15. The van der Waals surface area contributed by atoms with Crippen molar-refractivity contribution in [3.8, 4) is 0 Å². The van der Waals surface area contributed by atoms with Gasteiger partial charge in [-0.2, -0.15) is 35.1 Å². The Kier molecular flexibility index (Phi) is 2.95. The lowest BCUT2D eigenvalue weighted by Gasteiger charge is -2.15. The second-order valence-electron chi connectivity index (χ2n) is 2.00. The third-order valence-electron chi connectivity index (χ3n) is 0.860. The standard InChI is InChI=1S/C5H2F8/c6-3(7,5(11,12)13)1-2-4(8,9)10/h1-2H/b2-1+. The predicted octanol–water partition coefficient (Wildman–Crippen LogP) is 3.30. The van der Waals surface area contributed by atoms with Crippen LogP contribution in [-0.4, -0.2) is 18.3 Å². The van der Waals surface area contributed by atoms with Crippen molar-refractivity contribution in [2.75, 3.05) is 0 Å². The van der Waals surface area contributed by atoms with Crippen molar-refractivity contribution in [2.24, 2.45) is 0 Å². The van der Waals surface area contributed by atoms with E-state index in [2.05, 4.69) is 0 Å². The quantitative estimate of drug-likeness (QED) is 0.464. The molecule has 0 amide bonds. The maximum absolute atomic E-state index is 11.7. The molecule has 0 fully saturated rings. The number of alkyl halides is 8. The topological polar surface area (TPSA) is 0 Å². The molecule has 0 bridgehead atoms. The molecular weight excluding hydrogens is 212 g/mol. The van der Waals surface area contributed by atoms with Gasteiger partial charge in [0.25, 0.3) is 0 Å². The van der Waals surface area contributed by atoms with E-state index in [-0.39, 0.29) is 0 Å². The molecule has 13 heavy (non-hydrogen) atoms. The first kappa shape index (κ1) is 12.2.